The molecule has 0 spiro atoms. The smallest absolute Gasteiger partial charge is 0.274 e. The molecule has 1 saturated heterocycles. The molecule has 1 atom stereocenters. The van der Waals surface area contributed by atoms with Gasteiger partial charge in [0.15, 0.2) is 0 Å². The van der Waals surface area contributed by atoms with Gasteiger partial charge in [-0.2, -0.15) is 10.1 Å². The Morgan fingerprint density at radius 3 is 2.88 bits per heavy atom. The molecular formula is C17H18N6O3. The predicted octanol–water partition coefficient (Wildman–Crippen LogP) is 1.47. The number of hydrogen-bond donors (Lipinski definition) is 0. The summed E-state index contributed by atoms with van der Waals surface area (Å²) >= 11 is 0. The molecule has 4 rings (SSSR count). The van der Waals surface area contributed by atoms with Gasteiger partial charge in [0.1, 0.15) is 11.8 Å². The lowest BCUT2D eigenvalue weighted by Crippen LogP contribution is -2.31. The van der Waals surface area contributed by atoms with Crippen molar-refractivity contribution in [1.82, 2.24) is 29.8 Å². The topological polar surface area (TPSA) is 99.2 Å². The van der Waals surface area contributed by atoms with E-state index in [0.29, 0.717) is 36.4 Å². The average Bonchev–Trinajstić information content (AvgIpc) is 3.37. The molecule has 0 aliphatic carbocycles. The van der Waals surface area contributed by atoms with Crippen molar-refractivity contribution in [1.29, 1.82) is 0 Å². The molecule has 0 radical (unpaired) electrons. The minimum atomic E-state index is -0.0894. The first-order valence-electron chi connectivity index (χ1n) is 8.31. The molecule has 134 valence electrons. The van der Waals surface area contributed by atoms with Gasteiger partial charge in [-0.15, -0.1) is 0 Å². The van der Waals surface area contributed by atoms with Gasteiger partial charge in [-0.1, -0.05) is 5.16 Å². The second-order valence-corrected chi connectivity index (χ2v) is 6.18. The molecule has 1 amide bonds. The van der Waals surface area contributed by atoms with Gasteiger partial charge in [0, 0.05) is 51.0 Å². The van der Waals surface area contributed by atoms with Gasteiger partial charge in [-0.3, -0.25) is 9.48 Å². The summed E-state index contributed by atoms with van der Waals surface area (Å²) in [5, 5.41) is 8.02. The molecule has 3 aromatic rings. The first kappa shape index (κ1) is 16.2. The van der Waals surface area contributed by atoms with E-state index in [-0.39, 0.29) is 12.0 Å². The normalized spacial score (nSPS) is 16.8. The second-order valence-electron chi connectivity index (χ2n) is 6.18. The largest absolute Gasteiger partial charge is 0.472 e. The van der Waals surface area contributed by atoms with Gasteiger partial charge in [0.25, 0.3) is 5.91 Å². The van der Waals surface area contributed by atoms with Crippen molar-refractivity contribution in [3.63, 3.8) is 0 Å². The van der Waals surface area contributed by atoms with E-state index in [9.17, 15) is 4.79 Å². The Bertz CT molecular complexity index is 917. The standard InChI is InChI=1S/C17H18N6O3/c1-11-19-16(21-26-11)12-3-4-15(18-9-12)25-13-5-8-23(10-13)17(24)14-6-7-22(2)20-14/h3-4,6-7,9,13H,5,8,10H2,1-2H3/t13-/m0/s1. The molecule has 0 unspecified atom stereocenters. The Kier molecular flexibility index (Phi) is 4.11. The zero-order chi connectivity index (χ0) is 18.1. The monoisotopic (exact) mass is 354 g/mol. The number of pyridine rings is 1. The molecule has 0 saturated carbocycles. The molecule has 26 heavy (non-hydrogen) atoms. The number of amides is 1. The second kappa shape index (κ2) is 6.58. The molecule has 0 N–H and O–H groups in total. The van der Waals surface area contributed by atoms with Gasteiger partial charge >= 0.3 is 0 Å². The van der Waals surface area contributed by atoms with E-state index in [1.165, 1.54) is 0 Å². The van der Waals surface area contributed by atoms with E-state index >= 15 is 0 Å². The minimum Gasteiger partial charge on any atom is -0.472 e. The lowest BCUT2D eigenvalue weighted by atomic mass is 10.2. The molecule has 1 aliphatic rings. The Morgan fingerprint density at radius 2 is 2.23 bits per heavy atom. The summed E-state index contributed by atoms with van der Waals surface area (Å²) in [6.45, 7) is 2.89. The zero-order valence-corrected chi connectivity index (χ0v) is 14.5. The van der Waals surface area contributed by atoms with Gasteiger partial charge in [-0.25, -0.2) is 4.98 Å². The molecule has 3 aromatic heterocycles. The van der Waals surface area contributed by atoms with Crippen LogP contribution in [0.5, 0.6) is 5.88 Å². The fraction of sp³-hybridized carbons (Fsp3) is 0.353. The maximum absolute atomic E-state index is 12.4. The third kappa shape index (κ3) is 3.28. The fourth-order valence-electron chi connectivity index (χ4n) is 2.87. The quantitative estimate of drug-likeness (QED) is 0.699. The van der Waals surface area contributed by atoms with Crippen LogP contribution in [-0.4, -0.2) is 54.9 Å². The Balaban J connectivity index is 1.37. The number of aromatic nitrogens is 5. The van der Waals surface area contributed by atoms with Crippen LogP contribution in [-0.2, 0) is 7.05 Å². The van der Waals surface area contributed by atoms with E-state index < -0.39 is 0 Å². The summed E-state index contributed by atoms with van der Waals surface area (Å²) in [6.07, 6.45) is 4.07. The number of carbonyl (C=O) groups is 1. The highest BCUT2D eigenvalue weighted by Gasteiger charge is 2.29. The molecular weight excluding hydrogens is 336 g/mol. The van der Waals surface area contributed by atoms with Crippen LogP contribution in [0.1, 0.15) is 22.8 Å². The molecule has 9 heteroatoms. The van der Waals surface area contributed by atoms with Crippen LogP contribution in [0.3, 0.4) is 0 Å². The van der Waals surface area contributed by atoms with Crippen LogP contribution >= 0.6 is 0 Å². The fourth-order valence-corrected chi connectivity index (χ4v) is 2.87. The Labute approximate surface area is 149 Å². The van der Waals surface area contributed by atoms with Gasteiger partial charge in [0.2, 0.25) is 17.6 Å². The highest BCUT2D eigenvalue weighted by atomic mass is 16.5. The van der Waals surface area contributed by atoms with Crippen molar-refractivity contribution in [3.05, 3.63) is 42.2 Å². The number of nitrogens with zero attached hydrogens (tertiary/aromatic N) is 6. The van der Waals surface area contributed by atoms with Gasteiger partial charge in [-0.05, 0) is 12.1 Å². The molecule has 4 heterocycles. The molecule has 1 aliphatic heterocycles. The molecule has 1 fully saturated rings. The molecule has 9 nitrogen and oxygen atoms in total. The molecule has 0 aromatic carbocycles. The Morgan fingerprint density at radius 1 is 1.35 bits per heavy atom. The average molecular weight is 354 g/mol. The number of ether oxygens (including phenoxy) is 1. The number of carbonyl (C=O) groups excluding carboxylic acids is 1. The van der Waals surface area contributed by atoms with Crippen molar-refractivity contribution in [3.8, 4) is 17.3 Å². The number of aryl methyl sites for hydroxylation is 2. The van der Waals surface area contributed by atoms with Crippen LogP contribution in [0.15, 0.2) is 35.1 Å². The summed E-state index contributed by atoms with van der Waals surface area (Å²) in [5.74, 6) is 1.43. The van der Waals surface area contributed by atoms with Crippen LogP contribution in [0, 0.1) is 6.92 Å². The van der Waals surface area contributed by atoms with Crippen LogP contribution in [0.4, 0.5) is 0 Å². The SMILES string of the molecule is Cc1nc(-c2ccc(O[C@H]3CCN(C(=O)c4ccn(C)n4)C3)nc2)no1. The van der Waals surface area contributed by atoms with E-state index in [1.807, 2.05) is 6.07 Å². The summed E-state index contributed by atoms with van der Waals surface area (Å²) in [6, 6.07) is 5.32. The number of rotatable bonds is 4. The first-order chi connectivity index (χ1) is 12.6. The Hall–Kier alpha value is -3.23. The summed E-state index contributed by atoms with van der Waals surface area (Å²) < 4.78 is 12.5. The first-order valence-corrected chi connectivity index (χ1v) is 8.31. The summed E-state index contributed by atoms with van der Waals surface area (Å²) in [4.78, 5) is 22.6. The molecule has 0 bridgehead atoms. The maximum atomic E-state index is 12.4. The predicted molar refractivity (Wildman–Crippen MR) is 90.4 cm³/mol. The van der Waals surface area contributed by atoms with Crippen LogP contribution in [0.25, 0.3) is 11.4 Å². The lowest BCUT2D eigenvalue weighted by Gasteiger charge is -2.15. The highest BCUT2D eigenvalue weighted by molar-refractivity contribution is 5.92. The number of likely N-dealkylation sites (tertiary alicyclic amines) is 1. The van der Waals surface area contributed by atoms with Crippen molar-refractivity contribution in [2.24, 2.45) is 7.05 Å². The highest BCUT2D eigenvalue weighted by Crippen LogP contribution is 2.21. The van der Waals surface area contributed by atoms with E-state index in [4.69, 9.17) is 9.26 Å². The zero-order valence-electron chi connectivity index (χ0n) is 14.5. The van der Waals surface area contributed by atoms with E-state index in [1.54, 1.807) is 48.1 Å². The van der Waals surface area contributed by atoms with E-state index in [0.717, 1.165) is 12.0 Å². The van der Waals surface area contributed by atoms with Gasteiger partial charge < -0.3 is 14.2 Å². The van der Waals surface area contributed by atoms with Crippen LogP contribution < -0.4 is 4.74 Å². The number of hydrogen-bond acceptors (Lipinski definition) is 7. The minimum absolute atomic E-state index is 0.0764. The van der Waals surface area contributed by atoms with E-state index in [2.05, 4.69) is 20.2 Å². The van der Waals surface area contributed by atoms with Crippen molar-refractivity contribution >= 4 is 5.91 Å². The lowest BCUT2D eigenvalue weighted by molar-refractivity contribution is 0.0764. The van der Waals surface area contributed by atoms with Crippen LogP contribution in [0.2, 0.25) is 0 Å². The van der Waals surface area contributed by atoms with Crippen molar-refractivity contribution in [2.75, 3.05) is 13.1 Å². The maximum Gasteiger partial charge on any atom is 0.274 e. The summed E-state index contributed by atoms with van der Waals surface area (Å²) in [5.41, 5.74) is 1.21. The third-order valence-electron chi connectivity index (χ3n) is 4.17. The summed E-state index contributed by atoms with van der Waals surface area (Å²) in [7, 11) is 1.79. The van der Waals surface area contributed by atoms with Gasteiger partial charge in [0.05, 0.1) is 6.54 Å². The van der Waals surface area contributed by atoms with Crippen molar-refractivity contribution < 1.29 is 14.1 Å². The van der Waals surface area contributed by atoms with Crippen molar-refractivity contribution in [2.45, 2.75) is 19.4 Å². The third-order valence-corrected chi connectivity index (χ3v) is 4.17.